The molecule has 0 bridgehead atoms. The van der Waals surface area contributed by atoms with E-state index in [0.717, 1.165) is 34.5 Å². The number of nitrogens with zero attached hydrogens (tertiary/aromatic N) is 2. The van der Waals surface area contributed by atoms with Crippen LogP contribution in [0.4, 0.5) is 0 Å². The zero-order valence-electron chi connectivity index (χ0n) is 20.2. The van der Waals surface area contributed by atoms with Gasteiger partial charge in [-0.3, -0.25) is 29.6 Å². The Bertz CT molecular complexity index is 1040. The molecule has 0 atom stereocenters. The molecule has 2 aromatic rings. The maximum atomic E-state index is 13.2. The van der Waals surface area contributed by atoms with Gasteiger partial charge in [0.05, 0.1) is 24.1 Å². The normalized spacial score (nSPS) is 14.7. The van der Waals surface area contributed by atoms with Gasteiger partial charge < -0.3 is 9.47 Å². The first-order valence-electron chi connectivity index (χ1n) is 10.8. The minimum Gasteiger partial charge on any atom is -0.462 e. The highest BCUT2D eigenvalue weighted by atomic mass is 32.1. The van der Waals surface area contributed by atoms with Crippen molar-refractivity contribution in [1.82, 2.24) is 20.0 Å². The van der Waals surface area contributed by atoms with E-state index in [1.807, 2.05) is 41.7 Å². The van der Waals surface area contributed by atoms with E-state index < -0.39 is 0 Å². The predicted molar refractivity (Wildman–Crippen MR) is 127 cm³/mol. The lowest BCUT2D eigenvalue weighted by atomic mass is 10.1. The van der Waals surface area contributed by atoms with Gasteiger partial charge in [-0.05, 0) is 59.6 Å². The monoisotopic (exact) mass is 468 g/mol. The van der Waals surface area contributed by atoms with Crippen molar-refractivity contribution in [2.24, 2.45) is 0 Å². The molecule has 1 fully saturated rings. The Morgan fingerprint density at radius 3 is 2.34 bits per heavy atom. The summed E-state index contributed by atoms with van der Waals surface area (Å²) in [6.07, 6.45) is 2.59. The first-order chi connectivity index (χ1) is 15.1. The van der Waals surface area contributed by atoms with Crippen molar-refractivity contribution in [2.75, 3.05) is 20.8 Å². The van der Waals surface area contributed by atoms with Gasteiger partial charge in [0.1, 0.15) is 10.4 Å². The molecule has 10 heteroatoms. The second-order valence-electron chi connectivity index (χ2n) is 8.91. The average Bonchev–Trinajstić information content (AvgIpc) is 3.43. The van der Waals surface area contributed by atoms with Gasteiger partial charge in [0.2, 0.25) is 0 Å². The summed E-state index contributed by atoms with van der Waals surface area (Å²) in [7, 11) is 3.43. The van der Waals surface area contributed by atoms with Crippen LogP contribution < -0.4 is 22.1 Å². The lowest BCUT2D eigenvalue weighted by Crippen LogP contribution is -2.45. The van der Waals surface area contributed by atoms with Crippen molar-refractivity contribution in [3.63, 3.8) is 0 Å². The van der Waals surface area contributed by atoms with E-state index in [0.29, 0.717) is 31.6 Å². The van der Waals surface area contributed by atoms with E-state index in [-0.39, 0.29) is 22.4 Å². The van der Waals surface area contributed by atoms with Gasteiger partial charge in [0.15, 0.2) is 0 Å². The molecule has 0 radical (unpaired) electrons. The van der Waals surface area contributed by atoms with Crippen molar-refractivity contribution in [1.29, 1.82) is 0 Å². The molecular weight excluding hydrogens is 432 g/mol. The Hall–Kier alpha value is -2.01. The van der Waals surface area contributed by atoms with Gasteiger partial charge in [-0.15, -0.1) is 11.3 Å². The Morgan fingerprint density at radius 2 is 1.91 bits per heavy atom. The van der Waals surface area contributed by atoms with Crippen LogP contribution in [0.2, 0.25) is 0 Å². The molecule has 2 N–H and O–H groups in total. The summed E-state index contributed by atoms with van der Waals surface area (Å²) in [6, 6.07) is 0. The highest BCUT2D eigenvalue weighted by molar-refractivity contribution is 7.18. The van der Waals surface area contributed by atoms with E-state index in [1.165, 1.54) is 15.9 Å². The molecule has 3 rings (SSSR count). The molecule has 0 amide bonds. The summed E-state index contributed by atoms with van der Waals surface area (Å²) in [5, 5.41) is 0.674. The number of fused-ring (bicyclic) bond motifs is 1. The van der Waals surface area contributed by atoms with Gasteiger partial charge in [-0.25, -0.2) is 4.79 Å². The number of thiophene rings is 1. The molecule has 0 spiro atoms. The number of aryl methyl sites for hydroxylation is 1. The summed E-state index contributed by atoms with van der Waals surface area (Å²) in [6.45, 7) is 11.4. The second-order valence-corrected chi connectivity index (χ2v) is 9.99. The molecule has 9 nitrogen and oxygen atoms in total. The lowest BCUT2D eigenvalue weighted by Gasteiger charge is -2.18. The molecular formula is C22H36N4O5S. The third-order valence-electron chi connectivity index (χ3n) is 5.62. The minimum atomic E-state index is -0.318. The van der Waals surface area contributed by atoms with E-state index in [9.17, 15) is 14.4 Å². The van der Waals surface area contributed by atoms with E-state index in [1.54, 1.807) is 11.7 Å². The number of nitrogens with one attached hydrogen (secondary N) is 2. The standard InChI is InChI=1S/C17H26N4O3S.C5H10O2/c1-5-17(6-7-17)21-14(22)13-11(2)12(10-19-18-3)25-15(13)20(16(21)23)8-9-24-4;1-5(2,3)7-4-6/h18-19H,5-10H2,1-4H3;4H,1-3H3. The number of hydrazine groups is 1. The highest BCUT2D eigenvalue weighted by Crippen LogP contribution is 2.45. The van der Waals surface area contributed by atoms with E-state index >= 15 is 0 Å². The zero-order valence-corrected chi connectivity index (χ0v) is 21.0. The third-order valence-corrected chi connectivity index (χ3v) is 6.93. The molecule has 1 aliphatic rings. The van der Waals surface area contributed by atoms with Gasteiger partial charge in [0.25, 0.3) is 12.0 Å². The fraction of sp³-hybridized carbons (Fsp3) is 0.682. The van der Waals surface area contributed by atoms with Crippen LogP contribution in [0.15, 0.2) is 9.59 Å². The number of carbonyl (C=O) groups excluding carboxylic acids is 1. The SMILES string of the molecule is CC(C)(C)OC=O.CCC1(n2c(=O)c3c(C)c(CNNC)sc3n(CCOC)c2=O)CC1. The number of aromatic nitrogens is 2. The van der Waals surface area contributed by atoms with Crippen LogP contribution in [0, 0.1) is 6.92 Å². The number of carbonyl (C=O) groups is 1. The molecule has 180 valence electrons. The number of rotatable bonds is 9. The van der Waals surface area contributed by atoms with E-state index in [4.69, 9.17) is 4.74 Å². The van der Waals surface area contributed by atoms with Gasteiger partial charge in [-0.2, -0.15) is 0 Å². The fourth-order valence-electron chi connectivity index (χ4n) is 3.55. The van der Waals surface area contributed by atoms with Crippen molar-refractivity contribution in [3.05, 3.63) is 31.3 Å². The van der Waals surface area contributed by atoms with Crippen LogP contribution in [-0.4, -0.2) is 42.0 Å². The number of ether oxygens (including phenoxy) is 2. The van der Waals surface area contributed by atoms with Crippen LogP contribution >= 0.6 is 11.3 Å². The molecule has 1 aliphatic carbocycles. The third kappa shape index (κ3) is 5.67. The molecule has 32 heavy (non-hydrogen) atoms. The van der Waals surface area contributed by atoms with Crippen LogP contribution in [0.5, 0.6) is 0 Å². The Balaban J connectivity index is 0.000000451. The zero-order chi connectivity index (χ0) is 24.1. The van der Waals surface area contributed by atoms with Crippen LogP contribution in [0.3, 0.4) is 0 Å². The van der Waals surface area contributed by atoms with Crippen molar-refractivity contribution < 1.29 is 14.3 Å². The summed E-state index contributed by atoms with van der Waals surface area (Å²) >= 11 is 1.51. The Kier molecular flexibility index (Phi) is 8.81. The largest absolute Gasteiger partial charge is 0.462 e. The lowest BCUT2D eigenvalue weighted by molar-refractivity contribution is -0.138. The smallest absolute Gasteiger partial charge is 0.332 e. The second kappa shape index (κ2) is 10.7. The summed E-state index contributed by atoms with van der Waals surface area (Å²) in [5.74, 6) is 0. The predicted octanol–water partition coefficient (Wildman–Crippen LogP) is 2.26. The Labute approximate surface area is 192 Å². The maximum absolute atomic E-state index is 13.2. The molecule has 2 heterocycles. The maximum Gasteiger partial charge on any atom is 0.332 e. The topological polar surface area (TPSA) is 104 Å². The molecule has 0 aliphatic heterocycles. The molecule has 2 aromatic heterocycles. The van der Waals surface area contributed by atoms with E-state index in [2.05, 4.69) is 15.6 Å². The van der Waals surface area contributed by atoms with Crippen molar-refractivity contribution >= 4 is 28.0 Å². The van der Waals surface area contributed by atoms with Crippen LogP contribution in [0.1, 0.15) is 57.4 Å². The van der Waals surface area contributed by atoms with Gasteiger partial charge in [0, 0.05) is 18.5 Å². The minimum absolute atomic E-state index is 0.141. The average molecular weight is 469 g/mol. The van der Waals surface area contributed by atoms with Gasteiger partial charge in [-0.1, -0.05) is 6.92 Å². The van der Waals surface area contributed by atoms with Gasteiger partial charge >= 0.3 is 5.69 Å². The highest BCUT2D eigenvalue weighted by Gasteiger charge is 2.45. The first kappa shape index (κ1) is 26.2. The number of methoxy groups -OCH3 is 1. The first-order valence-corrected chi connectivity index (χ1v) is 11.7. The van der Waals surface area contributed by atoms with Crippen LogP contribution in [0.25, 0.3) is 10.2 Å². The van der Waals surface area contributed by atoms with Crippen LogP contribution in [-0.2, 0) is 32.9 Å². The summed E-state index contributed by atoms with van der Waals surface area (Å²) in [4.78, 5) is 37.8. The molecule has 1 saturated carbocycles. The number of hydrogen-bond acceptors (Lipinski definition) is 8. The molecule has 0 aromatic carbocycles. The molecule has 0 unspecified atom stereocenters. The van der Waals surface area contributed by atoms with Crippen molar-refractivity contribution in [3.8, 4) is 0 Å². The quantitative estimate of drug-likeness (QED) is 0.430. The summed E-state index contributed by atoms with van der Waals surface area (Å²) in [5.41, 5.74) is 5.97. The Morgan fingerprint density at radius 1 is 1.25 bits per heavy atom. The fourth-order valence-corrected chi connectivity index (χ4v) is 4.81. The number of hydrogen-bond donors (Lipinski definition) is 2. The molecule has 0 saturated heterocycles. The van der Waals surface area contributed by atoms with Crippen molar-refractivity contribution in [2.45, 2.75) is 78.1 Å². The summed E-state index contributed by atoms with van der Waals surface area (Å²) < 4.78 is 13.0.